The summed E-state index contributed by atoms with van der Waals surface area (Å²) in [6.07, 6.45) is 0. The van der Waals surface area contributed by atoms with Gasteiger partial charge in [0.2, 0.25) is 0 Å². The lowest BCUT2D eigenvalue weighted by Crippen LogP contribution is -2.02. The summed E-state index contributed by atoms with van der Waals surface area (Å²) in [4.78, 5) is 10.4. The van der Waals surface area contributed by atoms with Crippen LogP contribution in [0.2, 0.25) is 0 Å². The van der Waals surface area contributed by atoms with E-state index in [0.29, 0.717) is 5.82 Å². The molecule has 4 aromatic heterocycles. The number of hydrogen-bond donors (Lipinski definition) is 0. The Morgan fingerprint density at radius 3 is 1.63 bits per heavy atom. The number of hydrogen-bond acceptors (Lipinski definition) is 4. The summed E-state index contributed by atoms with van der Waals surface area (Å²) in [5.74, 6) is 1.59. The van der Waals surface area contributed by atoms with Crippen molar-refractivity contribution in [3.05, 3.63) is 140 Å². The van der Waals surface area contributed by atoms with Crippen molar-refractivity contribution < 1.29 is 0 Å². The largest absolute Gasteiger partial charge is 0.291 e. The summed E-state index contributed by atoms with van der Waals surface area (Å²) >= 11 is 3.74. The van der Waals surface area contributed by atoms with Gasteiger partial charge in [-0.05, 0) is 29.3 Å². The first-order valence-corrected chi connectivity index (χ1v) is 15.9. The van der Waals surface area contributed by atoms with Gasteiger partial charge in [-0.1, -0.05) is 115 Å². The second-order valence-corrected chi connectivity index (χ2v) is 12.7. The van der Waals surface area contributed by atoms with E-state index in [0.717, 1.165) is 28.2 Å². The minimum absolute atomic E-state index is 0.715. The van der Waals surface area contributed by atoms with Crippen LogP contribution < -0.4 is 0 Å². The van der Waals surface area contributed by atoms with E-state index in [-0.39, 0.29) is 0 Å². The van der Waals surface area contributed by atoms with Gasteiger partial charge in [0.05, 0.1) is 26.1 Å². The number of thiophene rings is 2. The van der Waals surface area contributed by atoms with Crippen LogP contribution in [-0.4, -0.2) is 14.5 Å². The first-order valence-electron chi connectivity index (χ1n) is 14.3. The zero-order valence-electron chi connectivity index (χ0n) is 22.9. The molecule has 4 heterocycles. The van der Waals surface area contributed by atoms with E-state index in [2.05, 4.69) is 126 Å². The van der Waals surface area contributed by atoms with Crippen molar-refractivity contribution in [2.75, 3.05) is 0 Å². The number of fused-ring (bicyclic) bond motifs is 7. The van der Waals surface area contributed by atoms with E-state index >= 15 is 0 Å². The highest BCUT2D eigenvalue weighted by Gasteiger charge is 2.23. The van der Waals surface area contributed by atoms with Crippen LogP contribution in [0.15, 0.2) is 140 Å². The second kappa shape index (κ2) is 9.73. The van der Waals surface area contributed by atoms with Crippen LogP contribution in [-0.2, 0) is 0 Å². The fourth-order valence-electron chi connectivity index (χ4n) is 6.06. The topological polar surface area (TPSA) is 30.7 Å². The maximum Gasteiger partial charge on any atom is 0.162 e. The molecule has 0 saturated carbocycles. The zero-order valence-corrected chi connectivity index (χ0v) is 24.6. The zero-order chi connectivity index (χ0) is 28.3. The molecule has 3 nitrogen and oxygen atoms in total. The van der Waals surface area contributed by atoms with Crippen LogP contribution in [0, 0.1) is 0 Å². The smallest absolute Gasteiger partial charge is 0.162 e. The minimum Gasteiger partial charge on any atom is -0.291 e. The molecule has 0 aliphatic heterocycles. The predicted octanol–water partition coefficient (Wildman–Crippen LogP) is 11.0. The van der Waals surface area contributed by atoms with E-state index in [1.54, 1.807) is 0 Å². The summed E-state index contributed by atoms with van der Waals surface area (Å²) in [5.41, 5.74) is 7.74. The van der Waals surface area contributed by atoms with Gasteiger partial charge in [0, 0.05) is 37.4 Å². The Hall–Kier alpha value is -5.10. The molecule has 0 amide bonds. The van der Waals surface area contributed by atoms with Gasteiger partial charge in [0.25, 0.3) is 0 Å². The molecule has 5 aromatic carbocycles. The van der Waals surface area contributed by atoms with Gasteiger partial charge >= 0.3 is 0 Å². The first kappa shape index (κ1) is 24.5. The molecule has 0 atom stereocenters. The molecule has 0 fully saturated rings. The number of aromatic nitrogens is 3. The molecule has 0 bridgehead atoms. The summed E-state index contributed by atoms with van der Waals surface area (Å²) < 4.78 is 7.58. The van der Waals surface area contributed by atoms with Gasteiger partial charge in [-0.25, -0.2) is 9.97 Å². The quantitative estimate of drug-likeness (QED) is 0.206. The van der Waals surface area contributed by atoms with Crippen molar-refractivity contribution in [3.8, 4) is 39.6 Å². The van der Waals surface area contributed by atoms with E-state index in [1.165, 1.54) is 46.2 Å². The third kappa shape index (κ3) is 3.93. The maximum absolute atomic E-state index is 5.29. The molecule has 0 aliphatic rings. The van der Waals surface area contributed by atoms with Crippen LogP contribution in [0.25, 0.3) is 80.2 Å². The molecule has 0 radical (unpaired) electrons. The molecule has 9 aromatic rings. The van der Waals surface area contributed by atoms with Crippen LogP contribution in [0.5, 0.6) is 0 Å². The van der Waals surface area contributed by atoms with Crippen LogP contribution in [0.4, 0.5) is 0 Å². The van der Waals surface area contributed by atoms with E-state index in [4.69, 9.17) is 9.97 Å². The molecule has 0 unspecified atom stereocenters. The predicted molar refractivity (Wildman–Crippen MR) is 183 cm³/mol. The monoisotopic (exact) mass is 585 g/mol. The summed E-state index contributed by atoms with van der Waals surface area (Å²) in [6.45, 7) is 0. The van der Waals surface area contributed by atoms with Gasteiger partial charge in [0.1, 0.15) is 5.82 Å². The summed E-state index contributed by atoms with van der Waals surface area (Å²) in [5, 5.41) is 2.50. The van der Waals surface area contributed by atoms with Crippen molar-refractivity contribution in [2.45, 2.75) is 0 Å². The molecular formula is C38H23N3S2. The lowest BCUT2D eigenvalue weighted by Gasteiger charge is -2.13. The van der Waals surface area contributed by atoms with E-state index in [9.17, 15) is 0 Å². The van der Waals surface area contributed by atoms with E-state index < -0.39 is 0 Å². The molecule has 0 N–H and O–H groups in total. The summed E-state index contributed by atoms with van der Waals surface area (Å²) in [6, 6.07) is 49.1. The van der Waals surface area contributed by atoms with Crippen molar-refractivity contribution in [1.82, 2.24) is 14.5 Å². The van der Waals surface area contributed by atoms with Gasteiger partial charge in [-0.15, -0.1) is 22.7 Å². The third-order valence-electron chi connectivity index (χ3n) is 8.03. The van der Waals surface area contributed by atoms with Crippen molar-refractivity contribution in [1.29, 1.82) is 0 Å². The lowest BCUT2D eigenvalue weighted by molar-refractivity contribution is 1.05. The standard InChI is InChI=1S/C38H23N3S2/c1-3-12-24(13-4-1)26-16-11-17-27(22-26)30-23-33(40-38(39-30)25-14-5-2-6-15-25)41-34-28-18-7-9-20-31(28)42-36(34)37-35(41)29-19-8-10-21-32(29)43-37/h1-23H. The molecule has 0 aliphatic carbocycles. The lowest BCUT2D eigenvalue weighted by atomic mass is 10.0. The average Bonchev–Trinajstić information content (AvgIpc) is 3.74. The number of rotatable bonds is 4. The fourth-order valence-corrected chi connectivity index (χ4v) is 8.57. The molecule has 5 heteroatoms. The Kier molecular flexibility index (Phi) is 5.54. The molecule has 43 heavy (non-hydrogen) atoms. The van der Waals surface area contributed by atoms with Crippen LogP contribution >= 0.6 is 22.7 Å². The number of nitrogens with zero attached hydrogens (tertiary/aromatic N) is 3. The van der Waals surface area contributed by atoms with Crippen molar-refractivity contribution in [2.24, 2.45) is 0 Å². The molecular weight excluding hydrogens is 563 g/mol. The Labute approximate surface area is 256 Å². The highest BCUT2D eigenvalue weighted by atomic mass is 32.1. The third-order valence-corrected chi connectivity index (χ3v) is 10.5. The van der Waals surface area contributed by atoms with Gasteiger partial charge < -0.3 is 0 Å². The molecule has 0 spiro atoms. The van der Waals surface area contributed by atoms with Crippen LogP contribution in [0.3, 0.4) is 0 Å². The average molecular weight is 586 g/mol. The first-order chi connectivity index (χ1) is 21.3. The molecule has 0 saturated heterocycles. The SMILES string of the molecule is c1ccc(-c2cccc(-c3cc(-n4c5c6ccccc6sc5c5sc6ccccc6c54)nc(-c4ccccc4)n3)c2)cc1. The van der Waals surface area contributed by atoms with E-state index in [1.807, 2.05) is 40.9 Å². The summed E-state index contributed by atoms with van der Waals surface area (Å²) in [7, 11) is 0. The highest BCUT2D eigenvalue weighted by molar-refractivity contribution is 7.33. The van der Waals surface area contributed by atoms with Gasteiger partial charge in [-0.3, -0.25) is 4.57 Å². The van der Waals surface area contributed by atoms with Crippen LogP contribution in [0.1, 0.15) is 0 Å². The van der Waals surface area contributed by atoms with Crippen molar-refractivity contribution >= 4 is 63.3 Å². The number of benzene rings is 5. The second-order valence-electron chi connectivity index (χ2n) is 10.6. The maximum atomic E-state index is 5.29. The van der Waals surface area contributed by atoms with Gasteiger partial charge in [0.15, 0.2) is 5.82 Å². The highest BCUT2D eigenvalue weighted by Crippen LogP contribution is 2.48. The Balaban J connectivity index is 1.38. The van der Waals surface area contributed by atoms with Crippen molar-refractivity contribution in [3.63, 3.8) is 0 Å². The fraction of sp³-hybridized carbons (Fsp3) is 0. The normalized spacial score (nSPS) is 11.7. The molecule has 9 rings (SSSR count). The Morgan fingerprint density at radius 2 is 0.977 bits per heavy atom. The minimum atomic E-state index is 0.715. The molecule has 202 valence electrons. The van der Waals surface area contributed by atoms with Gasteiger partial charge in [-0.2, -0.15) is 0 Å². The Bertz CT molecular complexity index is 2360. The Morgan fingerprint density at radius 1 is 0.442 bits per heavy atom.